The maximum absolute atomic E-state index is 12.8. The van der Waals surface area contributed by atoms with Gasteiger partial charge in [-0.15, -0.1) is 0 Å². The lowest BCUT2D eigenvalue weighted by Crippen LogP contribution is -2.44. The van der Waals surface area contributed by atoms with Crippen molar-refractivity contribution in [3.05, 3.63) is 29.0 Å². The number of fused-ring (bicyclic) bond motifs is 1. The lowest BCUT2D eigenvalue weighted by Gasteiger charge is -2.18. The van der Waals surface area contributed by atoms with E-state index in [9.17, 15) is 32.7 Å². The van der Waals surface area contributed by atoms with Gasteiger partial charge in [-0.25, -0.2) is 14.6 Å². The molecule has 0 fully saturated rings. The molecule has 1 aromatic carbocycles. The molecular weight excluding hydrogens is 483 g/mol. The van der Waals surface area contributed by atoms with Gasteiger partial charge in [-0.1, -0.05) is 11.6 Å². The molecule has 0 radical (unpaired) electrons. The van der Waals surface area contributed by atoms with Crippen molar-refractivity contribution in [2.75, 3.05) is 6.54 Å². The Bertz CT molecular complexity index is 1080. The van der Waals surface area contributed by atoms with E-state index < -0.39 is 41.5 Å². The first kappa shape index (κ1) is 27.1. The number of aromatic nitrogens is 1. The van der Waals surface area contributed by atoms with Crippen molar-refractivity contribution < 1.29 is 42.1 Å². The van der Waals surface area contributed by atoms with E-state index in [0.29, 0.717) is 17.6 Å². The Morgan fingerprint density at radius 1 is 1.21 bits per heavy atom. The summed E-state index contributed by atoms with van der Waals surface area (Å²) in [6.45, 7) is 3.80. The third-order valence-corrected chi connectivity index (χ3v) is 4.74. The minimum Gasteiger partial charge on any atom is -0.505 e. The number of ether oxygens (including phenoxy) is 2. The average Bonchev–Trinajstić information content (AvgIpc) is 2.74. The van der Waals surface area contributed by atoms with Crippen LogP contribution in [0, 0.1) is 0 Å². The number of halogens is 4. The molecule has 0 spiro atoms. The number of hydrogen-bond acceptors (Lipinski definition) is 8. The highest BCUT2D eigenvalue weighted by Crippen LogP contribution is 2.35. The first-order chi connectivity index (χ1) is 15.8. The van der Waals surface area contributed by atoms with Crippen LogP contribution in [0.15, 0.2) is 18.2 Å². The molecule has 0 bridgehead atoms. The molecule has 9 nitrogen and oxygen atoms in total. The Morgan fingerprint density at radius 3 is 2.47 bits per heavy atom. The maximum atomic E-state index is 12.8. The molecule has 1 amide bonds. The zero-order chi connectivity index (χ0) is 25.6. The van der Waals surface area contributed by atoms with Gasteiger partial charge in [0.05, 0.1) is 6.10 Å². The Hall–Kier alpha value is -3.12. The van der Waals surface area contributed by atoms with Gasteiger partial charge in [0.25, 0.3) is 5.91 Å². The van der Waals surface area contributed by atoms with Gasteiger partial charge in [0.1, 0.15) is 16.9 Å². The fraction of sp³-hybridized carbons (Fsp3) is 0.429. The average molecular weight is 506 g/mol. The molecule has 2 rings (SSSR count). The molecule has 0 aliphatic carbocycles. The van der Waals surface area contributed by atoms with E-state index in [1.807, 2.05) is 0 Å². The minimum absolute atomic E-state index is 0.123. The van der Waals surface area contributed by atoms with Crippen LogP contribution in [0.4, 0.5) is 13.2 Å². The van der Waals surface area contributed by atoms with E-state index in [-0.39, 0.29) is 36.0 Å². The fourth-order valence-corrected chi connectivity index (χ4v) is 3.18. The molecule has 4 N–H and O–H groups in total. The summed E-state index contributed by atoms with van der Waals surface area (Å²) in [5, 5.41) is 13.1. The lowest BCUT2D eigenvalue weighted by atomic mass is 10.1. The number of aromatic hydroxyl groups is 1. The van der Waals surface area contributed by atoms with Gasteiger partial charge < -0.3 is 25.6 Å². The number of carbonyl (C=O) groups is 3. The predicted octanol–water partition coefficient (Wildman–Crippen LogP) is 3.24. The van der Waals surface area contributed by atoms with Crippen molar-refractivity contribution in [1.29, 1.82) is 0 Å². The molecule has 1 atom stereocenters. The number of unbranched alkanes of at least 4 members (excludes halogenated alkanes) is 1. The van der Waals surface area contributed by atoms with E-state index >= 15 is 0 Å². The number of alkyl halides is 3. The molecule has 0 aliphatic rings. The number of nitrogens with one attached hydrogen (secondary N) is 1. The third kappa shape index (κ3) is 6.94. The zero-order valence-electron chi connectivity index (χ0n) is 18.2. The van der Waals surface area contributed by atoms with Crippen LogP contribution >= 0.6 is 11.6 Å². The van der Waals surface area contributed by atoms with Crippen LogP contribution in [0.3, 0.4) is 0 Å². The minimum atomic E-state index is -5.40. The second kappa shape index (κ2) is 11.3. The van der Waals surface area contributed by atoms with E-state index in [2.05, 4.69) is 15.0 Å². The number of amides is 1. The number of esters is 2. The SMILES string of the molecule is CC(C)Oc1ccc2c(Cl)nc(C(=O)NC(CCCCN)C(=O)OC(=O)C(F)(F)F)c(O)c2c1. The molecule has 0 aliphatic heterocycles. The zero-order valence-corrected chi connectivity index (χ0v) is 19.0. The summed E-state index contributed by atoms with van der Waals surface area (Å²) < 4.78 is 46.8. The summed E-state index contributed by atoms with van der Waals surface area (Å²) in [4.78, 5) is 39.8. The monoisotopic (exact) mass is 505 g/mol. The Labute approximate surface area is 197 Å². The molecule has 0 saturated carbocycles. The number of rotatable bonds is 9. The number of hydrogen-bond donors (Lipinski definition) is 3. The second-order valence-electron chi connectivity index (χ2n) is 7.49. The first-order valence-corrected chi connectivity index (χ1v) is 10.6. The van der Waals surface area contributed by atoms with Crippen LogP contribution in [0.5, 0.6) is 11.5 Å². The van der Waals surface area contributed by atoms with Gasteiger partial charge >= 0.3 is 18.1 Å². The van der Waals surface area contributed by atoms with Crippen molar-refractivity contribution in [3.8, 4) is 11.5 Å². The van der Waals surface area contributed by atoms with E-state index in [4.69, 9.17) is 22.1 Å². The standard InChI is InChI=1S/C21H23ClF3N3O6/c1-10(2)33-11-6-7-12-13(9-11)16(29)15(28-17(12)22)18(30)27-14(5-3-4-8-26)19(31)34-20(32)21(23,24)25/h6-7,9-10,14,29H,3-5,8,26H2,1-2H3,(H,27,30). The second-order valence-corrected chi connectivity index (χ2v) is 7.85. The van der Waals surface area contributed by atoms with Crippen molar-refractivity contribution in [1.82, 2.24) is 10.3 Å². The van der Waals surface area contributed by atoms with Crippen molar-refractivity contribution in [2.24, 2.45) is 5.73 Å². The first-order valence-electron chi connectivity index (χ1n) is 10.2. The molecule has 0 saturated heterocycles. The summed E-state index contributed by atoms with van der Waals surface area (Å²) in [5.41, 5.74) is 4.79. The van der Waals surface area contributed by atoms with Crippen LogP contribution in [0.1, 0.15) is 43.6 Å². The summed E-state index contributed by atoms with van der Waals surface area (Å²) in [6.07, 6.45) is -5.15. The van der Waals surface area contributed by atoms with Gasteiger partial charge in [0.2, 0.25) is 0 Å². The van der Waals surface area contributed by atoms with E-state index in [0.717, 1.165) is 0 Å². The molecule has 1 aromatic heterocycles. The van der Waals surface area contributed by atoms with Gasteiger partial charge in [0, 0.05) is 10.8 Å². The van der Waals surface area contributed by atoms with Crippen molar-refractivity contribution in [3.63, 3.8) is 0 Å². The Morgan fingerprint density at radius 2 is 1.88 bits per heavy atom. The van der Waals surface area contributed by atoms with Crippen LogP contribution in [0.25, 0.3) is 10.8 Å². The predicted molar refractivity (Wildman–Crippen MR) is 115 cm³/mol. The summed E-state index contributed by atoms with van der Waals surface area (Å²) in [7, 11) is 0. The lowest BCUT2D eigenvalue weighted by molar-refractivity contribution is -0.202. The van der Waals surface area contributed by atoms with Crippen LogP contribution in [-0.4, -0.2) is 52.8 Å². The number of nitrogens with zero attached hydrogens (tertiary/aromatic N) is 1. The molecule has 34 heavy (non-hydrogen) atoms. The van der Waals surface area contributed by atoms with Crippen LogP contribution in [-0.2, 0) is 14.3 Å². The Kier molecular flexibility index (Phi) is 9.05. The number of benzene rings is 1. The largest absolute Gasteiger partial charge is 0.505 e. The molecule has 2 aromatic rings. The maximum Gasteiger partial charge on any atom is 0.491 e. The van der Waals surface area contributed by atoms with Crippen molar-refractivity contribution >= 4 is 40.2 Å². The van der Waals surface area contributed by atoms with Gasteiger partial charge in [-0.3, -0.25) is 4.79 Å². The van der Waals surface area contributed by atoms with E-state index in [1.54, 1.807) is 19.9 Å². The summed E-state index contributed by atoms with van der Waals surface area (Å²) >= 11 is 6.14. The quantitative estimate of drug-likeness (QED) is 0.204. The van der Waals surface area contributed by atoms with E-state index in [1.165, 1.54) is 12.1 Å². The fourth-order valence-electron chi connectivity index (χ4n) is 2.93. The number of carbonyl (C=O) groups excluding carboxylic acids is 3. The molecule has 1 unspecified atom stereocenters. The number of nitrogens with two attached hydrogens (primary N) is 1. The van der Waals surface area contributed by atoms with Crippen molar-refractivity contribution in [2.45, 2.75) is 51.4 Å². The highest BCUT2D eigenvalue weighted by molar-refractivity contribution is 6.35. The summed E-state index contributed by atoms with van der Waals surface area (Å²) in [6, 6.07) is 2.91. The van der Waals surface area contributed by atoms with Gasteiger partial charge in [-0.05, 0) is 57.9 Å². The highest BCUT2D eigenvalue weighted by atomic mass is 35.5. The molecule has 13 heteroatoms. The molecular formula is C21H23ClF3N3O6. The van der Waals surface area contributed by atoms with Crippen LogP contribution < -0.4 is 15.8 Å². The Balaban J connectivity index is 2.35. The third-order valence-electron chi connectivity index (χ3n) is 4.45. The highest BCUT2D eigenvalue weighted by Gasteiger charge is 2.43. The van der Waals surface area contributed by atoms with Gasteiger partial charge in [0.15, 0.2) is 11.4 Å². The normalized spacial score (nSPS) is 12.5. The topological polar surface area (TPSA) is 141 Å². The number of pyridine rings is 1. The molecule has 186 valence electrons. The summed E-state index contributed by atoms with van der Waals surface area (Å²) in [5.74, 6) is -5.67. The van der Waals surface area contributed by atoms with Crippen LogP contribution in [0.2, 0.25) is 5.15 Å². The molecule has 1 heterocycles. The smallest absolute Gasteiger partial charge is 0.491 e. The van der Waals surface area contributed by atoms with Gasteiger partial charge in [-0.2, -0.15) is 13.2 Å².